The zero-order valence-corrected chi connectivity index (χ0v) is 13.2. The lowest BCUT2D eigenvalue weighted by atomic mass is 9.87. The van der Waals surface area contributed by atoms with Gasteiger partial charge in [-0.25, -0.2) is 0 Å². The van der Waals surface area contributed by atoms with E-state index in [1.807, 2.05) is 0 Å². The van der Waals surface area contributed by atoms with Crippen molar-refractivity contribution >= 4 is 0 Å². The summed E-state index contributed by atoms with van der Waals surface area (Å²) in [6, 6.07) is 17.9. The van der Waals surface area contributed by atoms with Gasteiger partial charge in [0, 0.05) is 6.54 Å². The molecule has 0 amide bonds. The average Bonchev–Trinajstić information content (AvgIpc) is 2.48. The Balaban J connectivity index is 1.60. The molecule has 1 aliphatic heterocycles. The van der Waals surface area contributed by atoms with Gasteiger partial charge in [-0.05, 0) is 56.8 Å². The normalized spacial score (nSPS) is 17.0. The van der Waals surface area contributed by atoms with Crippen LogP contribution in [0.4, 0.5) is 0 Å². The monoisotopic (exact) mass is 279 g/mol. The third-order valence-electron chi connectivity index (χ3n) is 4.55. The van der Waals surface area contributed by atoms with Gasteiger partial charge in [0.05, 0.1) is 0 Å². The molecule has 2 aromatic rings. The van der Waals surface area contributed by atoms with Crippen LogP contribution in [0.15, 0.2) is 48.5 Å². The van der Waals surface area contributed by atoms with Gasteiger partial charge in [0.2, 0.25) is 0 Å². The molecule has 1 aliphatic rings. The highest BCUT2D eigenvalue weighted by Gasteiger charge is 2.20. The summed E-state index contributed by atoms with van der Waals surface area (Å²) in [6.45, 7) is 7.95. The molecule has 0 unspecified atom stereocenters. The highest BCUT2D eigenvalue weighted by atomic mass is 15.1. The molecule has 0 aromatic heterocycles. The number of likely N-dealkylation sites (tertiary alicyclic amines) is 1. The van der Waals surface area contributed by atoms with E-state index in [1.165, 1.54) is 42.6 Å². The molecule has 110 valence electrons. The lowest BCUT2D eigenvalue weighted by Gasteiger charge is -2.32. The first-order valence-corrected chi connectivity index (χ1v) is 8.05. The Hall–Kier alpha value is -1.60. The molecule has 0 atom stereocenters. The van der Waals surface area contributed by atoms with Gasteiger partial charge in [-0.1, -0.05) is 59.7 Å². The van der Waals surface area contributed by atoms with Crippen LogP contribution in [0.5, 0.6) is 0 Å². The summed E-state index contributed by atoms with van der Waals surface area (Å²) in [4.78, 5) is 2.59. The number of piperidine rings is 1. The standard InChI is InChI=1S/C20H25N/c1-16-12-17(2)14-20(13-16)19-8-10-21(11-9-19)15-18-6-4-3-5-7-18/h3-7,12-14,19H,8-11,15H2,1-2H3. The SMILES string of the molecule is Cc1cc(C)cc(C2CCN(Cc3ccccc3)CC2)c1. The summed E-state index contributed by atoms with van der Waals surface area (Å²) in [5.74, 6) is 0.746. The van der Waals surface area contributed by atoms with Gasteiger partial charge in [0.15, 0.2) is 0 Å². The summed E-state index contributed by atoms with van der Waals surface area (Å²) >= 11 is 0. The topological polar surface area (TPSA) is 3.24 Å². The van der Waals surface area contributed by atoms with Crippen LogP contribution < -0.4 is 0 Å². The van der Waals surface area contributed by atoms with Crippen molar-refractivity contribution in [2.24, 2.45) is 0 Å². The fourth-order valence-corrected chi connectivity index (χ4v) is 3.51. The Bertz CT molecular complexity index is 560. The molecule has 0 saturated carbocycles. The van der Waals surface area contributed by atoms with Crippen LogP contribution in [0, 0.1) is 13.8 Å². The van der Waals surface area contributed by atoms with E-state index in [0.29, 0.717) is 0 Å². The molecular weight excluding hydrogens is 254 g/mol. The van der Waals surface area contributed by atoms with Gasteiger partial charge >= 0.3 is 0 Å². The molecule has 0 N–H and O–H groups in total. The van der Waals surface area contributed by atoms with Gasteiger partial charge in [0.1, 0.15) is 0 Å². The average molecular weight is 279 g/mol. The number of rotatable bonds is 3. The second-order valence-electron chi connectivity index (χ2n) is 6.46. The van der Waals surface area contributed by atoms with E-state index in [1.54, 1.807) is 5.56 Å². The van der Waals surface area contributed by atoms with Crippen LogP contribution in [-0.2, 0) is 6.54 Å². The van der Waals surface area contributed by atoms with Gasteiger partial charge in [-0.15, -0.1) is 0 Å². The minimum absolute atomic E-state index is 0.746. The van der Waals surface area contributed by atoms with Crippen molar-refractivity contribution in [1.82, 2.24) is 4.90 Å². The summed E-state index contributed by atoms with van der Waals surface area (Å²) in [6.07, 6.45) is 2.57. The lowest BCUT2D eigenvalue weighted by Crippen LogP contribution is -2.32. The van der Waals surface area contributed by atoms with Crippen molar-refractivity contribution in [1.29, 1.82) is 0 Å². The van der Waals surface area contributed by atoms with E-state index in [0.717, 1.165) is 12.5 Å². The minimum Gasteiger partial charge on any atom is -0.299 e. The second-order valence-corrected chi connectivity index (χ2v) is 6.46. The van der Waals surface area contributed by atoms with Crippen molar-refractivity contribution in [3.05, 3.63) is 70.8 Å². The summed E-state index contributed by atoms with van der Waals surface area (Å²) in [5, 5.41) is 0. The van der Waals surface area contributed by atoms with Gasteiger partial charge < -0.3 is 0 Å². The van der Waals surface area contributed by atoms with Crippen molar-refractivity contribution < 1.29 is 0 Å². The van der Waals surface area contributed by atoms with Crippen LogP contribution in [0.1, 0.15) is 41.0 Å². The van der Waals surface area contributed by atoms with Crippen molar-refractivity contribution in [3.63, 3.8) is 0 Å². The van der Waals surface area contributed by atoms with Crippen LogP contribution in [-0.4, -0.2) is 18.0 Å². The van der Waals surface area contributed by atoms with E-state index in [4.69, 9.17) is 0 Å². The van der Waals surface area contributed by atoms with Crippen LogP contribution in [0.25, 0.3) is 0 Å². The van der Waals surface area contributed by atoms with E-state index < -0.39 is 0 Å². The molecule has 2 aromatic carbocycles. The van der Waals surface area contributed by atoms with E-state index in [9.17, 15) is 0 Å². The fraction of sp³-hybridized carbons (Fsp3) is 0.400. The maximum absolute atomic E-state index is 2.59. The van der Waals surface area contributed by atoms with Crippen LogP contribution in [0.3, 0.4) is 0 Å². The quantitative estimate of drug-likeness (QED) is 0.788. The summed E-state index contributed by atoms with van der Waals surface area (Å²) < 4.78 is 0. The molecule has 1 nitrogen and oxygen atoms in total. The number of nitrogens with zero attached hydrogens (tertiary/aromatic N) is 1. The first-order chi connectivity index (χ1) is 10.2. The molecule has 3 rings (SSSR count). The Morgan fingerprint density at radius 1 is 0.905 bits per heavy atom. The van der Waals surface area contributed by atoms with Crippen LogP contribution >= 0.6 is 0 Å². The number of hydrogen-bond acceptors (Lipinski definition) is 1. The third kappa shape index (κ3) is 3.74. The maximum Gasteiger partial charge on any atom is 0.0233 e. The zero-order valence-electron chi connectivity index (χ0n) is 13.2. The molecule has 0 aliphatic carbocycles. The highest BCUT2D eigenvalue weighted by Crippen LogP contribution is 2.29. The Morgan fingerprint density at radius 2 is 1.52 bits per heavy atom. The third-order valence-corrected chi connectivity index (χ3v) is 4.55. The molecule has 1 saturated heterocycles. The minimum atomic E-state index is 0.746. The second kappa shape index (κ2) is 6.44. The Kier molecular flexibility index (Phi) is 4.40. The molecule has 0 radical (unpaired) electrons. The first-order valence-electron chi connectivity index (χ1n) is 8.05. The molecule has 0 spiro atoms. The lowest BCUT2D eigenvalue weighted by molar-refractivity contribution is 0.204. The Labute approximate surface area is 128 Å². The zero-order chi connectivity index (χ0) is 14.7. The molecule has 1 heterocycles. The van der Waals surface area contributed by atoms with Crippen molar-refractivity contribution in [3.8, 4) is 0 Å². The molecule has 1 fully saturated rings. The largest absolute Gasteiger partial charge is 0.299 e. The molecular formula is C20H25N. The number of hydrogen-bond donors (Lipinski definition) is 0. The molecule has 21 heavy (non-hydrogen) atoms. The van der Waals surface area contributed by atoms with E-state index in [-0.39, 0.29) is 0 Å². The van der Waals surface area contributed by atoms with Gasteiger partial charge in [-0.3, -0.25) is 4.90 Å². The van der Waals surface area contributed by atoms with Crippen molar-refractivity contribution in [2.45, 2.75) is 39.2 Å². The molecule has 1 heteroatoms. The van der Waals surface area contributed by atoms with E-state index >= 15 is 0 Å². The first kappa shape index (κ1) is 14.3. The number of aryl methyl sites for hydroxylation is 2. The van der Waals surface area contributed by atoms with Crippen molar-refractivity contribution in [2.75, 3.05) is 13.1 Å². The molecule has 0 bridgehead atoms. The summed E-state index contributed by atoms with van der Waals surface area (Å²) in [5.41, 5.74) is 5.78. The Morgan fingerprint density at radius 3 is 2.14 bits per heavy atom. The van der Waals surface area contributed by atoms with Gasteiger partial charge in [-0.2, -0.15) is 0 Å². The van der Waals surface area contributed by atoms with Gasteiger partial charge in [0.25, 0.3) is 0 Å². The smallest absolute Gasteiger partial charge is 0.0233 e. The number of benzene rings is 2. The van der Waals surface area contributed by atoms with E-state index in [2.05, 4.69) is 67.3 Å². The fourth-order valence-electron chi connectivity index (χ4n) is 3.51. The van der Waals surface area contributed by atoms with Crippen LogP contribution in [0.2, 0.25) is 0 Å². The maximum atomic E-state index is 2.59. The highest BCUT2D eigenvalue weighted by molar-refractivity contribution is 5.31. The summed E-state index contributed by atoms with van der Waals surface area (Å²) in [7, 11) is 0. The predicted octanol–water partition coefficient (Wildman–Crippen LogP) is 4.68. The predicted molar refractivity (Wildman–Crippen MR) is 89.6 cm³/mol.